The topological polar surface area (TPSA) is 65.5 Å². The van der Waals surface area contributed by atoms with E-state index >= 15 is 0 Å². The number of carbonyl (C=O) groups is 1. The van der Waals surface area contributed by atoms with Gasteiger partial charge in [-0.25, -0.2) is 0 Å². The van der Waals surface area contributed by atoms with Crippen molar-refractivity contribution in [1.29, 1.82) is 0 Å². The van der Waals surface area contributed by atoms with Crippen LogP contribution < -0.4 is 16.0 Å². The molecule has 0 aromatic rings. The summed E-state index contributed by atoms with van der Waals surface area (Å²) in [6.07, 6.45) is 2.42. The molecular formula is C13H26N4O. The molecule has 18 heavy (non-hydrogen) atoms. The second-order valence-electron chi connectivity index (χ2n) is 5.36. The maximum absolute atomic E-state index is 11.8. The Bertz CT molecular complexity index is 308. The fraction of sp³-hybridized carbons (Fsp3) is 0.846. The smallest absolute Gasteiger partial charge is 0.227 e. The first-order valence-electron chi connectivity index (χ1n) is 6.82. The van der Waals surface area contributed by atoms with Gasteiger partial charge in [0.15, 0.2) is 5.96 Å². The molecule has 0 bridgehead atoms. The van der Waals surface area contributed by atoms with Crippen LogP contribution in [0.25, 0.3) is 0 Å². The molecule has 0 heterocycles. The molecule has 5 nitrogen and oxygen atoms in total. The molecule has 0 aliphatic heterocycles. The van der Waals surface area contributed by atoms with Crippen molar-refractivity contribution in [3.63, 3.8) is 0 Å². The lowest BCUT2D eigenvalue weighted by atomic mass is 9.92. The molecule has 1 saturated carbocycles. The van der Waals surface area contributed by atoms with Gasteiger partial charge in [0.2, 0.25) is 5.91 Å². The lowest BCUT2D eigenvalue weighted by Gasteiger charge is -2.22. The maximum Gasteiger partial charge on any atom is 0.227 e. The lowest BCUT2D eigenvalue weighted by molar-refractivity contribution is -0.128. The molecule has 1 fully saturated rings. The monoisotopic (exact) mass is 254 g/mol. The molecular weight excluding hydrogens is 228 g/mol. The van der Waals surface area contributed by atoms with Crippen LogP contribution in [0.2, 0.25) is 0 Å². The van der Waals surface area contributed by atoms with E-state index in [1.165, 1.54) is 12.8 Å². The number of hydrogen-bond donors (Lipinski definition) is 3. The molecule has 1 aliphatic rings. The largest absolute Gasteiger partial charge is 0.357 e. The number of nitrogens with zero attached hydrogens (tertiary/aromatic N) is 1. The van der Waals surface area contributed by atoms with Crippen molar-refractivity contribution in [2.45, 2.75) is 46.6 Å². The first-order valence-corrected chi connectivity index (χ1v) is 6.82. The minimum absolute atomic E-state index is 0.0519. The number of guanidine groups is 1. The average Bonchev–Trinajstić information content (AvgIpc) is 3.10. The van der Waals surface area contributed by atoms with Crippen molar-refractivity contribution in [1.82, 2.24) is 16.0 Å². The second-order valence-corrected chi connectivity index (χ2v) is 5.36. The molecule has 1 aliphatic carbocycles. The number of amides is 1. The SMILES string of the molecule is CCNC(=O)C(C)(C)CN=C(NCC)NC1CC1. The highest BCUT2D eigenvalue weighted by atomic mass is 16.2. The highest BCUT2D eigenvalue weighted by Crippen LogP contribution is 2.19. The third-order valence-electron chi connectivity index (χ3n) is 2.85. The Morgan fingerprint density at radius 3 is 2.33 bits per heavy atom. The summed E-state index contributed by atoms with van der Waals surface area (Å²) in [5.41, 5.74) is -0.470. The maximum atomic E-state index is 11.8. The van der Waals surface area contributed by atoms with E-state index in [0.717, 1.165) is 12.5 Å². The normalized spacial score (nSPS) is 16.3. The Kier molecular flexibility index (Phi) is 5.44. The third kappa shape index (κ3) is 4.94. The summed E-state index contributed by atoms with van der Waals surface area (Å²) in [4.78, 5) is 16.4. The van der Waals surface area contributed by atoms with Gasteiger partial charge in [-0.1, -0.05) is 0 Å². The van der Waals surface area contributed by atoms with Crippen LogP contribution in [0, 0.1) is 5.41 Å². The average molecular weight is 254 g/mol. The third-order valence-corrected chi connectivity index (χ3v) is 2.85. The first kappa shape index (κ1) is 14.8. The zero-order valence-corrected chi connectivity index (χ0v) is 12.0. The molecule has 0 radical (unpaired) electrons. The zero-order chi connectivity index (χ0) is 13.6. The Balaban J connectivity index is 2.52. The van der Waals surface area contributed by atoms with E-state index in [2.05, 4.69) is 20.9 Å². The zero-order valence-electron chi connectivity index (χ0n) is 12.0. The molecule has 0 saturated heterocycles. The minimum Gasteiger partial charge on any atom is -0.357 e. The summed E-state index contributed by atoms with van der Waals surface area (Å²) >= 11 is 0. The van der Waals surface area contributed by atoms with Crippen LogP contribution >= 0.6 is 0 Å². The van der Waals surface area contributed by atoms with Gasteiger partial charge in [-0.3, -0.25) is 9.79 Å². The number of carbonyl (C=O) groups excluding carboxylic acids is 1. The molecule has 104 valence electrons. The standard InChI is InChI=1S/C13H26N4O/c1-5-14-11(18)13(3,4)9-16-12(15-6-2)17-10-7-8-10/h10H,5-9H2,1-4H3,(H,14,18)(H2,15,16,17). The fourth-order valence-corrected chi connectivity index (χ4v) is 1.49. The molecule has 0 atom stereocenters. The van der Waals surface area contributed by atoms with Gasteiger partial charge in [0.05, 0.1) is 12.0 Å². The van der Waals surface area contributed by atoms with Gasteiger partial charge >= 0.3 is 0 Å². The second kappa shape index (κ2) is 6.61. The van der Waals surface area contributed by atoms with Crippen molar-refractivity contribution in [2.75, 3.05) is 19.6 Å². The van der Waals surface area contributed by atoms with E-state index in [1.54, 1.807) is 0 Å². The lowest BCUT2D eigenvalue weighted by Crippen LogP contribution is -2.42. The van der Waals surface area contributed by atoms with E-state index < -0.39 is 5.41 Å². The Hall–Kier alpha value is -1.26. The van der Waals surface area contributed by atoms with Gasteiger partial charge in [0.1, 0.15) is 0 Å². The van der Waals surface area contributed by atoms with Crippen LogP contribution in [0.4, 0.5) is 0 Å². The highest BCUT2D eigenvalue weighted by molar-refractivity contribution is 5.83. The van der Waals surface area contributed by atoms with Crippen molar-refractivity contribution in [3.8, 4) is 0 Å². The Morgan fingerprint density at radius 1 is 1.22 bits per heavy atom. The molecule has 1 amide bonds. The van der Waals surface area contributed by atoms with Crippen LogP contribution in [-0.4, -0.2) is 37.5 Å². The number of rotatable bonds is 6. The molecule has 1 rings (SSSR count). The quantitative estimate of drug-likeness (QED) is 0.487. The molecule has 0 spiro atoms. The van der Waals surface area contributed by atoms with Crippen molar-refractivity contribution >= 4 is 11.9 Å². The van der Waals surface area contributed by atoms with E-state index in [4.69, 9.17) is 0 Å². The van der Waals surface area contributed by atoms with E-state index in [-0.39, 0.29) is 5.91 Å². The number of aliphatic imine (C=N–C) groups is 1. The van der Waals surface area contributed by atoms with Crippen LogP contribution in [0.15, 0.2) is 4.99 Å². The van der Waals surface area contributed by atoms with Gasteiger partial charge in [-0.2, -0.15) is 0 Å². The van der Waals surface area contributed by atoms with Gasteiger partial charge in [-0.05, 0) is 40.5 Å². The van der Waals surface area contributed by atoms with Crippen molar-refractivity contribution in [2.24, 2.45) is 10.4 Å². The Morgan fingerprint density at radius 2 is 1.83 bits per heavy atom. The van der Waals surface area contributed by atoms with Gasteiger partial charge < -0.3 is 16.0 Å². The summed E-state index contributed by atoms with van der Waals surface area (Å²) in [5.74, 6) is 0.869. The summed E-state index contributed by atoms with van der Waals surface area (Å²) in [5, 5.41) is 9.39. The summed E-state index contributed by atoms with van der Waals surface area (Å²) in [7, 11) is 0. The number of hydrogen-bond acceptors (Lipinski definition) is 2. The van der Waals surface area contributed by atoms with Crippen LogP contribution in [0.3, 0.4) is 0 Å². The Labute approximate surface area is 110 Å². The van der Waals surface area contributed by atoms with E-state index in [1.807, 2.05) is 27.7 Å². The summed E-state index contributed by atoms with van der Waals surface area (Å²) in [6.45, 7) is 9.78. The highest BCUT2D eigenvalue weighted by Gasteiger charge is 2.27. The van der Waals surface area contributed by atoms with Gasteiger partial charge in [-0.15, -0.1) is 0 Å². The predicted molar refractivity (Wildman–Crippen MR) is 74.6 cm³/mol. The van der Waals surface area contributed by atoms with Crippen LogP contribution in [-0.2, 0) is 4.79 Å². The molecule has 0 unspecified atom stereocenters. The number of nitrogens with one attached hydrogen (secondary N) is 3. The van der Waals surface area contributed by atoms with E-state index in [0.29, 0.717) is 19.1 Å². The molecule has 0 aromatic carbocycles. The molecule has 3 N–H and O–H groups in total. The van der Waals surface area contributed by atoms with Gasteiger partial charge in [0.25, 0.3) is 0 Å². The van der Waals surface area contributed by atoms with Crippen molar-refractivity contribution in [3.05, 3.63) is 0 Å². The molecule has 5 heteroatoms. The van der Waals surface area contributed by atoms with Crippen LogP contribution in [0.5, 0.6) is 0 Å². The van der Waals surface area contributed by atoms with Crippen LogP contribution in [0.1, 0.15) is 40.5 Å². The van der Waals surface area contributed by atoms with E-state index in [9.17, 15) is 4.79 Å². The summed E-state index contributed by atoms with van der Waals surface area (Å²) < 4.78 is 0. The van der Waals surface area contributed by atoms with Crippen molar-refractivity contribution < 1.29 is 4.79 Å². The van der Waals surface area contributed by atoms with Gasteiger partial charge in [0, 0.05) is 19.1 Å². The molecule has 0 aromatic heterocycles. The minimum atomic E-state index is -0.470. The summed E-state index contributed by atoms with van der Waals surface area (Å²) in [6, 6.07) is 0.565. The predicted octanol–water partition coefficient (Wildman–Crippen LogP) is 0.866. The first-order chi connectivity index (χ1) is 8.49. The fourth-order valence-electron chi connectivity index (χ4n) is 1.49.